The van der Waals surface area contributed by atoms with Crippen LogP contribution in [0.3, 0.4) is 0 Å². The molecule has 1 aromatic carbocycles. The van der Waals surface area contributed by atoms with Gasteiger partial charge in [0.1, 0.15) is 6.73 Å². The van der Waals surface area contributed by atoms with Crippen molar-refractivity contribution >= 4 is 12.2 Å². The number of benzene rings is 1. The number of ether oxygens (including phenoxy) is 1. The molecule has 21 heavy (non-hydrogen) atoms. The molecule has 4 nitrogen and oxygen atoms in total. The molecule has 0 bridgehead atoms. The van der Waals surface area contributed by atoms with Gasteiger partial charge in [-0.05, 0) is 42.6 Å². The topological polar surface area (TPSA) is 50.1 Å². The minimum absolute atomic E-state index is 0. The van der Waals surface area contributed by atoms with Crippen LogP contribution in [0.2, 0.25) is 0 Å². The van der Waals surface area contributed by atoms with Gasteiger partial charge in [0.05, 0.1) is 6.61 Å². The van der Waals surface area contributed by atoms with Crippen molar-refractivity contribution in [3.8, 4) is 5.88 Å². The number of hydrogen-bond acceptors (Lipinski definition) is 4. The van der Waals surface area contributed by atoms with Gasteiger partial charge in [0.25, 0.3) is 0 Å². The van der Waals surface area contributed by atoms with Crippen molar-refractivity contribution in [3.63, 3.8) is 0 Å². The fraction of sp³-hybridized carbons (Fsp3) is 0.333. The van der Waals surface area contributed by atoms with E-state index in [-0.39, 0.29) is 29.5 Å². The molecule has 0 atom stereocenters. The Bertz CT molecular complexity index is 641. The van der Waals surface area contributed by atoms with Crippen LogP contribution in [0.5, 0.6) is 5.88 Å². The predicted octanol–water partition coefficient (Wildman–Crippen LogP) is -0.265. The second-order valence-electron chi connectivity index (χ2n) is 4.64. The fourth-order valence-electron chi connectivity index (χ4n) is 1.80. The summed E-state index contributed by atoms with van der Waals surface area (Å²) in [6.07, 6.45) is 2.37. The zero-order valence-electron chi connectivity index (χ0n) is 12.6. The monoisotopic (exact) mass is 296 g/mol. The van der Waals surface area contributed by atoms with E-state index < -0.39 is 0 Å². The van der Waals surface area contributed by atoms with Crippen LogP contribution in [-0.2, 0) is 24.5 Å². The second kappa shape index (κ2) is 8.35. The van der Waals surface area contributed by atoms with Gasteiger partial charge in [-0.15, -0.1) is 0 Å². The predicted molar refractivity (Wildman–Crippen MR) is 77.9 cm³/mol. The maximum absolute atomic E-state index is 11.5. The molecule has 0 aliphatic heterocycles. The molecule has 0 aliphatic carbocycles. The first kappa shape index (κ1) is 17.9. The molecule has 2 aromatic rings. The molecule has 0 fully saturated rings. The van der Waals surface area contributed by atoms with E-state index in [1.165, 1.54) is 5.56 Å². The summed E-state index contributed by atoms with van der Waals surface area (Å²) >= 11 is 5.07. The number of aromatic nitrogens is 2. The van der Waals surface area contributed by atoms with E-state index >= 15 is 0 Å². The van der Waals surface area contributed by atoms with Crippen molar-refractivity contribution < 1.29 is 28.7 Å². The van der Waals surface area contributed by atoms with Crippen molar-refractivity contribution in [3.05, 3.63) is 51.9 Å². The number of nitrogens with zero attached hydrogens (tertiary/aromatic N) is 2. The third kappa shape index (κ3) is 4.97. The molecule has 2 rings (SSSR count). The van der Waals surface area contributed by atoms with Crippen LogP contribution in [-0.4, -0.2) is 9.55 Å². The zero-order chi connectivity index (χ0) is 14.5. The summed E-state index contributed by atoms with van der Waals surface area (Å²) in [5.41, 5.74) is 2.97. The van der Waals surface area contributed by atoms with Crippen LogP contribution in [0, 0.1) is 11.7 Å². The van der Waals surface area contributed by atoms with E-state index in [1.54, 1.807) is 10.8 Å². The van der Waals surface area contributed by atoms with E-state index in [9.17, 15) is 5.11 Å². The van der Waals surface area contributed by atoms with Crippen molar-refractivity contribution in [2.24, 2.45) is 0 Å². The first-order chi connectivity index (χ1) is 9.60. The Morgan fingerprint density at radius 2 is 1.95 bits per heavy atom. The summed E-state index contributed by atoms with van der Waals surface area (Å²) in [4.78, 5) is 3.82. The molecule has 6 heteroatoms. The zero-order valence-corrected chi connectivity index (χ0v) is 13.4. The number of hydrogen-bond donors (Lipinski definition) is 0. The average Bonchev–Trinajstić information content (AvgIpc) is 2.43. The van der Waals surface area contributed by atoms with Gasteiger partial charge in [-0.25, -0.2) is 4.98 Å². The Balaban J connectivity index is 0.00000220. The summed E-state index contributed by atoms with van der Waals surface area (Å²) in [7, 11) is 0. The summed E-state index contributed by atoms with van der Waals surface area (Å²) in [5, 5.41) is 11.5. The number of aryl methyl sites for hydroxylation is 2. The third-order valence-electron chi connectivity index (χ3n) is 3.03. The smallest absolute Gasteiger partial charge is 0.858 e. The van der Waals surface area contributed by atoms with Gasteiger partial charge in [-0.2, -0.15) is 0 Å². The minimum Gasteiger partial charge on any atom is -0.858 e. The van der Waals surface area contributed by atoms with Gasteiger partial charge in [0, 0.05) is 6.20 Å². The summed E-state index contributed by atoms with van der Waals surface area (Å²) < 4.78 is 7.56. The first-order valence-corrected chi connectivity index (χ1v) is 6.91. The Morgan fingerprint density at radius 3 is 2.57 bits per heavy atom. The molecular weight excluding hydrogens is 279 g/mol. The van der Waals surface area contributed by atoms with Crippen LogP contribution in [0.25, 0.3) is 0 Å². The van der Waals surface area contributed by atoms with Gasteiger partial charge in [0.2, 0.25) is 4.77 Å². The van der Waals surface area contributed by atoms with Gasteiger partial charge < -0.3 is 9.84 Å². The SMILES string of the molecule is CCc1cn(COCc2ccc(C)cc2)c(=S)nc1[O-].[Li+]. The summed E-state index contributed by atoms with van der Waals surface area (Å²) in [6.45, 7) is 4.76. The average molecular weight is 296 g/mol. The Morgan fingerprint density at radius 1 is 1.29 bits per heavy atom. The number of rotatable bonds is 5. The van der Waals surface area contributed by atoms with E-state index in [4.69, 9.17) is 17.0 Å². The molecule has 0 aliphatic rings. The Labute approximate surface area is 142 Å². The standard InChI is InChI=1S/C15H18N2O2S.Li/c1-3-13-8-17(15(20)16-14(13)18)10-19-9-12-6-4-11(2)5-7-12;/h4-8H,3,9-10H2,1-2H3,(H,16,18,20);/q;+1/p-1. The molecule has 0 spiro atoms. The van der Waals surface area contributed by atoms with Gasteiger partial charge in [-0.1, -0.05) is 36.8 Å². The molecule has 0 amide bonds. The molecule has 106 valence electrons. The molecule has 0 N–H and O–H groups in total. The first-order valence-electron chi connectivity index (χ1n) is 6.51. The van der Waals surface area contributed by atoms with Crippen LogP contribution in [0.15, 0.2) is 30.5 Å². The molecule has 0 saturated carbocycles. The maximum Gasteiger partial charge on any atom is 1.00 e. The van der Waals surface area contributed by atoms with E-state index in [0.29, 0.717) is 25.3 Å². The third-order valence-corrected chi connectivity index (χ3v) is 3.36. The fourth-order valence-corrected chi connectivity index (χ4v) is 1.99. The normalized spacial score (nSPS) is 10.2. The van der Waals surface area contributed by atoms with E-state index in [0.717, 1.165) is 5.56 Å². The summed E-state index contributed by atoms with van der Waals surface area (Å²) in [6, 6.07) is 8.16. The Kier molecular flexibility index (Phi) is 7.13. The largest absolute Gasteiger partial charge is 1.00 e. The second-order valence-corrected chi connectivity index (χ2v) is 5.01. The van der Waals surface area contributed by atoms with Crippen LogP contribution in [0.4, 0.5) is 0 Å². The van der Waals surface area contributed by atoms with Crippen LogP contribution in [0.1, 0.15) is 23.6 Å². The molecule has 0 radical (unpaired) electrons. The van der Waals surface area contributed by atoms with Crippen molar-refractivity contribution in [1.82, 2.24) is 9.55 Å². The van der Waals surface area contributed by atoms with Crippen molar-refractivity contribution in [1.29, 1.82) is 0 Å². The van der Waals surface area contributed by atoms with Crippen LogP contribution >= 0.6 is 12.2 Å². The molecule has 1 aromatic heterocycles. The molecular formula is C15H17LiN2O2S. The van der Waals surface area contributed by atoms with Crippen LogP contribution < -0.4 is 24.0 Å². The Hall–Kier alpha value is -1.12. The van der Waals surface area contributed by atoms with Gasteiger partial charge in [0.15, 0.2) is 0 Å². The van der Waals surface area contributed by atoms with E-state index in [2.05, 4.69) is 4.98 Å². The summed E-state index contributed by atoms with van der Waals surface area (Å²) in [5.74, 6) is -0.243. The minimum atomic E-state index is -0.243. The quantitative estimate of drug-likeness (QED) is 0.563. The molecule has 1 heterocycles. The van der Waals surface area contributed by atoms with Crippen molar-refractivity contribution in [2.45, 2.75) is 33.6 Å². The van der Waals surface area contributed by atoms with Gasteiger partial charge in [-0.3, -0.25) is 4.57 Å². The maximum atomic E-state index is 11.5. The molecule has 0 unspecified atom stereocenters. The van der Waals surface area contributed by atoms with Gasteiger partial charge >= 0.3 is 18.9 Å². The molecule has 0 saturated heterocycles. The van der Waals surface area contributed by atoms with E-state index in [1.807, 2.05) is 38.1 Å². The van der Waals surface area contributed by atoms with Crippen molar-refractivity contribution in [2.75, 3.05) is 0 Å².